The van der Waals surface area contributed by atoms with Crippen LogP contribution in [-0.4, -0.2) is 25.9 Å². The van der Waals surface area contributed by atoms with Gasteiger partial charge in [0.2, 0.25) is 0 Å². The van der Waals surface area contributed by atoms with Crippen LogP contribution in [0.1, 0.15) is 18.1 Å². The van der Waals surface area contributed by atoms with Crippen molar-refractivity contribution in [2.75, 3.05) is 20.8 Å². The van der Waals surface area contributed by atoms with Gasteiger partial charge in [0.25, 0.3) is 0 Å². The Labute approximate surface area is 164 Å². The summed E-state index contributed by atoms with van der Waals surface area (Å²) in [4.78, 5) is 1.22. The maximum atomic E-state index is 10.7. The molecule has 3 aromatic carbocycles. The third kappa shape index (κ3) is 4.29. The molecule has 0 aliphatic carbocycles. The van der Waals surface area contributed by atoms with E-state index in [2.05, 4.69) is 7.05 Å². The first-order valence-corrected chi connectivity index (χ1v) is 9.41. The third-order valence-corrected chi connectivity index (χ3v) is 4.88. The molecule has 3 aromatic rings. The molecule has 0 bridgehead atoms. The van der Waals surface area contributed by atoms with Gasteiger partial charge in [-0.3, -0.25) is 0 Å². The number of benzene rings is 3. The molecule has 0 saturated heterocycles. The molecular formula is C22H25ClNO3+. The Morgan fingerprint density at radius 3 is 2.44 bits per heavy atom. The zero-order valence-corrected chi connectivity index (χ0v) is 16.6. The van der Waals surface area contributed by atoms with Gasteiger partial charge in [0.1, 0.15) is 18.8 Å². The van der Waals surface area contributed by atoms with Crippen LogP contribution in [0.5, 0.6) is 17.2 Å². The van der Waals surface area contributed by atoms with Crippen LogP contribution < -0.4 is 14.4 Å². The SMILES string of the molecule is CCOc1ccc(C[NH+](C)Cc2cc(Cl)c3ccccc3c2O)cc1OC. The van der Waals surface area contributed by atoms with Gasteiger partial charge in [-0.1, -0.05) is 35.9 Å². The second kappa shape index (κ2) is 8.51. The van der Waals surface area contributed by atoms with Crippen molar-refractivity contribution >= 4 is 22.4 Å². The number of fused-ring (bicyclic) bond motifs is 1. The van der Waals surface area contributed by atoms with E-state index in [1.807, 2.05) is 55.5 Å². The Bertz CT molecular complexity index is 942. The first-order valence-electron chi connectivity index (χ1n) is 9.03. The lowest BCUT2D eigenvalue weighted by atomic mass is 10.0. The quantitative estimate of drug-likeness (QED) is 0.648. The predicted octanol–water partition coefficient (Wildman–Crippen LogP) is 3.82. The summed E-state index contributed by atoms with van der Waals surface area (Å²) in [6, 6.07) is 15.5. The summed E-state index contributed by atoms with van der Waals surface area (Å²) in [7, 11) is 3.73. The number of aromatic hydroxyl groups is 1. The van der Waals surface area contributed by atoms with E-state index < -0.39 is 0 Å². The molecule has 27 heavy (non-hydrogen) atoms. The largest absolute Gasteiger partial charge is 0.507 e. The standard InChI is InChI=1S/C22H24ClNO3/c1-4-27-20-10-9-15(11-21(20)26-3)13-24(2)14-16-12-19(23)17-7-5-6-8-18(17)22(16)25/h5-12,25H,4,13-14H2,1-3H3/p+1. The minimum atomic E-state index is 0.304. The van der Waals surface area contributed by atoms with Crippen LogP contribution in [-0.2, 0) is 13.1 Å². The van der Waals surface area contributed by atoms with E-state index in [4.69, 9.17) is 21.1 Å². The van der Waals surface area contributed by atoms with Gasteiger partial charge >= 0.3 is 0 Å². The fourth-order valence-corrected chi connectivity index (χ4v) is 3.63. The average molecular weight is 387 g/mol. The number of rotatable bonds is 7. The lowest BCUT2D eigenvalue weighted by molar-refractivity contribution is -0.907. The summed E-state index contributed by atoms with van der Waals surface area (Å²) in [6.45, 7) is 3.99. The van der Waals surface area contributed by atoms with Crippen LogP contribution in [0.2, 0.25) is 5.02 Å². The fourth-order valence-electron chi connectivity index (χ4n) is 3.34. The maximum absolute atomic E-state index is 10.7. The fraction of sp³-hybridized carbons (Fsp3) is 0.273. The van der Waals surface area contributed by atoms with Crippen LogP contribution in [0.4, 0.5) is 0 Å². The second-order valence-corrected chi connectivity index (χ2v) is 7.05. The number of hydrogen-bond donors (Lipinski definition) is 2. The van der Waals surface area contributed by atoms with E-state index in [9.17, 15) is 5.11 Å². The van der Waals surface area contributed by atoms with Crippen molar-refractivity contribution in [1.29, 1.82) is 0 Å². The highest BCUT2D eigenvalue weighted by atomic mass is 35.5. The van der Waals surface area contributed by atoms with Gasteiger partial charge in [-0.25, -0.2) is 0 Å². The number of quaternary nitrogens is 1. The molecule has 2 N–H and O–H groups in total. The topological polar surface area (TPSA) is 43.1 Å². The second-order valence-electron chi connectivity index (χ2n) is 6.64. The lowest BCUT2D eigenvalue weighted by Crippen LogP contribution is -3.06. The summed E-state index contributed by atoms with van der Waals surface area (Å²) in [5.74, 6) is 1.79. The predicted molar refractivity (Wildman–Crippen MR) is 109 cm³/mol. The molecule has 3 rings (SSSR count). The monoisotopic (exact) mass is 386 g/mol. The lowest BCUT2D eigenvalue weighted by Gasteiger charge is -2.17. The number of methoxy groups -OCH3 is 1. The highest BCUT2D eigenvalue weighted by Gasteiger charge is 2.15. The summed E-state index contributed by atoms with van der Waals surface area (Å²) >= 11 is 6.41. The molecular weight excluding hydrogens is 362 g/mol. The Morgan fingerprint density at radius 2 is 1.74 bits per heavy atom. The number of phenols is 1. The summed E-state index contributed by atoms with van der Waals surface area (Å²) in [6.07, 6.45) is 0. The van der Waals surface area contributed by atoms with Crippen LogP contribution in [0.3, 0.4) is 0 Å². The van der Waals surface area contributed by atoms with Gasteiger partial charge < -0.3 is 19.5 Å². The van der Waals surface area contributed by atoms with E-state index in [1.165, 1.54) is 4.90 Å². The summed E-state index contributed by atoms with van der Waals surface area (Å²) < 4.78 is 11.0. The van der Waals surface area contributed by atoms with E-state index in [0.29, 0.717) is 23.9 Å². The average Bonchev–Trinajstić information content (AvgIpc) is 2.67. The first-order chi connectivity index (χ1) is 13.0. The molecule has 0 amide bonds. The van der Waals surface area contributed by atoms with Crippen LogP contribution in [0.25, 0.3) is 10.8 Å². The molecule has 1 atom stereocenters. The number of nitrogens with one attached hydrogen (secondary N) is 1. The number of hydrogen-bond acceptors (Lipinski definition) is 3. The van der Waals surface area contributed by atoms with E-state index in [1.54, 1.807) is 7.11 Å². The van der Waals surface area contributed by atoms with Gasteiger partial charge in [-0.2, -0.15) is 0 Å². The molecule has 0 radical (unpaired) electrons. The molecule has 0 saturated carbocycles. The molecule has 0 spiro atoms. The van der Waals surface area contributed by atoms with Gasteiger partial charge in [0.05, 0.1) is 26.3 Å². The molecule has 0 aliphatic rings. The first kappa shape index (κ1) is 19.3. The molecule has 4 nitrogen and oxygen atoms in total. The molecule has 0 heterocycles. The van der Waals surface area contributed by atoms with Crippen molar-refractivity contribution in [2.45, 2.75) is 20.0 Å². The number of phenolic OH excluding ortho intramolecular Hbond substituents is 1. The minimum Gasteiger partial charge on any atom is -0.507 e. The minimum absolute atomic E-state index is 0.304. The van der Waals surface area contributed by atoms with E-state index in [-0.39, 0.29) is 0 Å². The molecule has 0 fully saturated rings. The van der Waals surface area contributed by atoms with Crippen molar-refractivity contribution in [3.05, 3.63) is 64.7 Å². The summed E-state index contributed by atoms with van der Waals surface area (Å²) in [5.41, 5.74) is 1.98. The van der Waals surface area contributed by atoms with Gasteiger partial charge in [-0.05, 0) is 31.2 Å². The normalized spacial score (nSPS) is 12.1. The molecule has 1 unspecified atom stereocenters. The van der Waals surface area contributed by atoms with Gasteiger partial charge in [0, 0.05) is 21.4 Å². The van der Waals surface area contributed by atoms with Crippen LogP contribution >= 0.6 is 11.6 Å². The molecule has 0 aromatic heterocycles. The Hall–Kier alpha value is -2.43. The van der Waals surface area contributed by atoms with E-state index >= 15 is 0 Å². The highest BCUT2D eigenvalue weighted by Crippen LogP contribution is 2.34. The maximum Gasteiger partial charge on any atom is 0.161 e. The Morgan fingerprint density at radius 1 is 1.00 bits per heavy atom. The molecule has 0 aliphatic heterocycles. The summed E-state index contributed by atoms with van der Waals surface area (Å²) in [5, 5.41) is 13.0. The highest BCUT2D eigenvalue weighted by molar-refractivity contribution is 6.35. The smallest absolute Gasteiger partial charge is 0.161 e. The van der Waals surface area contributed by atoms with Crippen molar-refractivity contribution in [3.63, 3.8) is 0 Å². The number of halogens is 1. The van der Waals surface area contributed by atoms with Crippen LogP contribution in [0.15, 0.2) is 48.5 Å². The third-order valence-electron chi connectivity index (χ3n) is 4.57. The van der Waals surface area contributed by atoms with E-state index in [0.717, 1.165) is 39.9 Å². The van der Waals surface area contributed by atoms with Crippen molar-refractivity contribution < 1.29 is 19.5 Å². The van der Waals surface area contributed by atoms with Gasteiger partial charge in [0.15, 0.2) is 11.5 Å². The Kier molecular flexibility index (Phi) is 6.09. The van der Waals surface area contributed by atoms with Crippen molar-refractivity contribution in [3.8, 4) is 17.2 Å². The zero-order valence-electron chi connectivity index (χ0n) is 15.9. The Balaban J connectivity index is 1.79. The number of ether oxygens (including phenoxy) is 2. The van der Waals surface area contributed by atoms with Crippen LogP contribution in [0, 0.1) is 0 Å². The molecule has 142 valence electrons. The van der Waals surface area contributed by atoms with Crippen molar-refractivity contribution in [2.24, 2.45) is 0 Å². The van der Waals surface area contributed by atoms with Crippen molar-refractivity contribution in [1.82, 2.24) is 0 Å². The molecule has 5 heteroatoms. The zero-order chi connectivity index (χ0) is 19.4. The van der Waals surface area contributed by atoms with Gasteiger partial charge in [-0.15, -0.1) is 0 Å².